The molecule has 0 radical (unpaired) electrons. The van der Waals surface area contributed by atoms with Crippen molar-refractivity contribution in [3.05, 3.63) is 94.7 Å². The number of aromatic amines is 1. The number of benzene rings is 3. The lowest BCUT2D eigenvalue weighted by atomic mass is 10.2. The average molecular weight is 507 g/mol. The van der Waals surface area contributed by atoms with E-state index in [0.29, 0.717) is 27.1 Å². The van der Waals surface area contributed by atoms with Crippen LogP contribution in [0.2, 0.25) is 10.0 Å². The quantitative estimate of drug-likeness (QED) is 0.230. The third-order valence-corrected chi connectivity index (χ3v) is 6.08. The number of para-hydroxylation sites is 2. The monoisotopic (exact) mass is 506 g/mol. The molecular formula is C25H16Cl2N4O2S. The molecule has 6 nitrogen and oxygen atoms in total. The van der Waals surface area contributed by atoms with Gasteiger partial charge in [-0.25, -0.2) is 4.98 Å². The number of anilines is 1. The minimum absolute atomic E-state index is 0.0891. The molecule has 168 valence electrons. The summed E-state index contributed by atoms with van der Waals surface area (Å²) < 4.78 is 5.67. The third-order valence-electron chi connectivity index (χ3n) is 5.06. The van der Waals surface area contributed by atoms with Crippen molar-refractivity contribution >= 4 is 63.2 Å². The minimum Gasteiger partial charge on any atom is -0.451 e. The molecule has 0 unspecified atom stereocenters. The number of hydrogen-bond acceptors (Lipinski definition) is 4. The Morgan fingerprint density at radius 1 is 0.971 bits per heavy atom. The number of carbonyl (C=O) groups is 1. The number of thiocarbonyl (C=S) groups is 1. The van der Waals surface area contributed by atoms with Crippen molar-refractivity contribution in [2.45, 2.75) is 0 Å². The largest absolute Gasteiger partial charge is 0.451 e. The molecule has 5 aromatic rings. The van der Waals surface area contributed by atoms with Crippen molar-refractivity contribution in [2.75, 3.05) is 5.32 Å². The molecule has 1 amide bonds. The maximum Gasteiger partial charge on any atom is 0.293 e. The Morgan fingerprint density at radius 3 is 2.65 bits per heavy atom. The standard InChI is InChI=1S/C25H16Cl2N4O2S/c26-17-8-4-7-16(22(17)27)20-11-12-21(33-20)24(32)31-25(34)28-15-6-3-5-14(13-15)23-29-18-9-1-2-10-19(18)30-23/h1-13H,(H,29,30)(H2,28,31,32,34). The summed E-state index contributed by atoms with van der Waals surface area (Å²) in [6.45, 7) is 0. The number of fused-ring (bicyclic) bond motifs is 1. The zero-order chi connectivity index (χ0) is 23.7. The molecule has 34 heavy (non-hydrogen) atoms. The highest BCUT2D eigenvalue weighted by Crippen LogP contribution is 2.34. The number of aromatic nitrogens is 2. The normalized spacial score (nSPS) is 10.9. The number of nitrogens with one attached hydrogen (secondary N) is 3. The Morgan fingerprint density at radius 2 is 1.79 bits per heavy atom. The molecule has 0 atom stereocenters. The lowest BCUT2D eigenvalue weighted by molar-refractivity contribution is 0.0951. The van der Waals surface area contributed by atoms with Crippen LogP contribution in [-0.4, -0.2) is 21.0 Å². The van der Waals surface area contributed by atoms with Crippen molar-refractivity contribution in [1.29, 1.82) is 0 Å². The minimum atomic E-state index is -0.490. The van der Waals surface area contributed by atoms with Crippen molar-refractivity contribution < 1.29 is 9.21 Å². The summed E-state index contributed by atoms with van der Waals surface area (Å²) in [6.07, 6.45) is 0. The van der Waals surface area contributed by atoms with Gasteiger partial charge in [0.15, 0.2) is 10.9 Å². The number of nitrogens with zero attached hydrogens (tertiary/aromatic N) is 1. The zero-order valence-electron chi connectivity index (χ0n) is 17.4. The Hall–Kier alpha value is -3.65. The highest BCUT2D eigenvalue weighted by Gasteiger charge is 2.16. The molecule has 0 saturated carbocycles. The molecule has 2 aromatic heterocycles. The first-order valence-electron chi connectivity index (χ1n) is 10.2. The Labute approximate surface area is 209 Å². The van der Waals surface area contributed by atoms with Crippen LogP contribution in [-0.2, 0) is 0 Å². The van der Waals surface area contributed by atoms with E-state index in [-0.39, 0.29) is 10.9 Å². The number of carbonyl (C=O) groups excluding carboxylic acids is 1. The molecule has 0 aliphatic carbocycles. The summed E-state index contributed by atoms with van der Waals surface area (Å²) in [4.78, 5) is 20.5. The fourth-order valence-corrected chi connectivity index (χ4v) is 4.06. The summed E-state index contributed by atoms with van der Waals surface area (Å²) in [7, 11) is 0. The first-order valence-corrected chi connectivity index (χ1v) is 11.4. The van der Waals surface area contributed by atoms with Crippen LogP contribution < -0.4 is 10.6 Å². The van der Waals surface area contributed by atoms with Crippen LogP contribution in [0, 0.1) is 0 Å². The summed E-state index contributed by atoms with van der Waals surface area (Å²) in [5.74, 6) is 0.763. The number of H-pyrrole nitrogens is 1. The van der Waals surface area contributed by atoms with Crippen LogP contribution >= 0.6 is 35.4 Å². The molecule has 9 heteroatoms. The Kier molecular flexibility index (Phi) is 6.06. The van der Waals surface area contributed by atoms with E-state index in [1.54, 1.807) is 30.3 Å². The van der Waals surface area contributed by atoms with E-state index in [1.165, 1.54) is 0 Å². The van der Waals surface area contributed by atoms with Gasteiger partial charge in [-0.2, -0.15) is 0 Å². The number of hydrogen-bond donors (Lipinski definition) is 3. The first-order chi connectivity index (χ1) is 16.5. The van der Waals surface area contributed by atoms with E-state index >= 15 is 0 Å². The van der Waals surface area contributed by atoms with Gasteiger partial charge >= 0.3 is 0 Å². The topological polar surface area (TPSA) is 83.0 Å². The number of amides is 1. The second-order valence-corrected chi connectivity index (χ2v) is 8.55. The predicted molar refractivity (Wildman–Crippen MR) is 139 cm³/mol. The maximum absolute atomic E-state index is 12.6. The number of rotatable bonds is 4. The second kappa shape index (κ2) is 9.30. The van der Waals surface area contributed by atoms with Gasteiger partial charge in [-0.15, -0.1) is 0 Å². The van der Waals surface area contributed by atoms with Gasteiger partial charge in [0.05, 0.1) is 21.1 Å². The molecule has 3 N–H and O–H groups in total. The van der Waals surface area contributed by atoms with Gasteiger partial charge in [-0.05, 0) is 60.7 Å². The average Bonchev–Trinajstić information content (AvgIpc) is 3.48. The molecule has 0 bridgehead atoms. The van der Waals surface area contributed by atoms with Crippen LogP contribution in [0.3, 0.4) is 0 Å². The third kappa shape index (κ3) is 4.54. The van der Waals surface area contributed by atoms with E-state index < -0.39 is 5.91 Å². The lowest BCUT2D eigenvalue weighted by Crippen LogP contribution is -2.33. The highest BCUT2D eigenvalue weighted by atomic mass is 35.5. The van der Waals surface area contributed by atoms with Crippen LogP contribution in [0.25, 0.3) is 33.7 Å². The van der Waals surface area contributed by atoms with Crippen LogP contribution in [0.1, 0.15) is 10.6 Å². The van der Waals surface area contributed by atoms with Crippen molar-refractivity contribution in [3.63, 3.8) is 0 Å². The van der Waals surface area contributed by atoms with Gasteiger partial charge in [0.2, 0.25) is 0 Å². The van der Waals surface area contributed by atoms with Gasteiger partial charge in [0.1, 0.15) is 11.6 Å². The maximum atomic E-state index is 12.6. The van der Waals surface area contributed by atoms with E-state index in [4.69, 9.17) is 39.8 Å². The van der Waals surface area contributed by atoms with Crippen molar-refractivity contribution in [3.8, 4) is 22.7 Å². The predicted octanol–water partition coefficient (Wildman–Crippen LogP) is 6.92. The first kappa shape index (κ1) is 22.2. The van der Waals surface area contributed by atoms with Gasteiger partial charge in [-0.1, -0.05) is 53.5 Å². The molecule has 0 saturated heterocycles. The molecule has 0 fully saturated rings. The van der Waals surface area contributed by atoms with Gasteiger partial charge in [0.25, 0.3) is 5.91 Å². The van der Waals surface area contributed by atoms with Crippen LogP contribution in [0.5, 0.6) is 0 Å². The number of halogens is 2. The lowest BCUT2D eigenvalue weighted by Gasteiger charge is -2.09. The van der Waals surface area contributed by atoms with Gasteiger partial charge in [0, 0.05) is 16.8 Å². The second-order valence-electron chi connectivity index (χ2n) is 7.36. The number of furan rings is 1. The Bertz CT molecular complexity index is 1510. The smallest absolute Gasteiger partial charge is 0.293 e. The summed E-state index contributed by atoms with van der Waals surface area (Å²) >= 11 is 17.6. The molecule has 5 rings (SSSR count). The summed E-state index contributed by atoms with van der Waals surface area (Å²) in [6, 6.07) is 23.8. The zero-order valence-corrected chi connectivity index (χ0v) is 19.8. The van der Waals surface area contributed by atoms with Crippen molar-refractivity contribution in [2.24, 2.45) is 0 Å². The molecule has 3 aromatic carbocycles. The molecule has 0 aliphatic heterocycles. The van der Waals surface area contributed by atoms with Crippen LogP contribution in [0.4, 0.5) is 5.69 Å². The summed E-state index contributed by atoms with van der Waals surface area (Å²) in [5.41, 5.74) is 4.01. The van der Waals surface area contributed by atoms with Crippen molar-refractivity contribution in [1.82, 2.24) is 15.3 Å². The van der Waals surface area contributed by atoms with E-state index in [0.717, 1.165) is 22.4 Å². The Balaban J connectivity index is 1.27. The molecule has 0 spiro atoms. The van der Waals surface area contributed by atoms with E-state index in [1.807, 2.05) is 48.5 Å². The number of imidazole rings is 1. The van der Waals surface area contributed by atoms with Gasteiger partial charge < -0.3 is 14.7 Å². The molecular weight excluding hydrogens is 491 g/mol. The van der Waals surface area contributed by atoms with E-state index in [2.05, 4.69) is 20.6 Å². The fourth-order valence-electron chi connectivity index (χ4n) is 3.46. The molecule has 0 aliphatic rings. The fraction of sp³-hybridized carbons (Fsp3) is 0. The van der Waals surface area contributed by atoms with E-state index in [9.17, 15) is 4.79 Å². The SMILES string of the molecule is O=C(NC(=S)Nc1cccc(-c2nc3ccccc3[nH]2)c1)c1ccc(-c2cccc(Cl)c2Cl)o1. The van der Waals surface area contributed by atoms with Gasteiger partial charge in [-0.3, -0.25) is 10.1 Å². The van der Waals surface area contributed by atoms with Crippen LogP contribution in [0.15, 0.2) is 83.3 Å². The highest BCUT2D eigenvalue weighted by molar-refractivity contribution is 7.80. The summed E-state index contributed by atoms with van der Waals surface area (Å²) in [5, 5.41) is 6.52. The molecule has 2 heterocycles.